The van der Waals surface area contributed by atoms with Crippen molar-refractivity contribution in [2.24, 2.45) is 0 Å². The number of hydrogen-bond donors (Lipinski definition) is 2. The minimum absolute atomic E-state index is 0.0311. The third kappa shape index (κ3) is 5.98. The first-order valence-electron chi connectivity index (χ1n) is 6.33. The molecular weight excluding hydrogens is 262 g/mol. The van der Waals surface area contributed by atoms with Gasteiger partial charge in [-0.25, -0.2) is 0 Å². The van der Waals surface area contributed by atoms with Crippen LogP contribution in [0.15, 0.2) is 24.3 Å². The van der Waals surface area contributed by atoms with E-state index in [-0.39, 0.29) is 18.6 Å². The zero-order valence-electron chi connectivity index (χ0n) is 11.4. The molecule has 0 bridgehead atoms. The van der Waals surface area contributed by atoms with Gasteiger partial charge >= 0.3 is 0 Å². The monoisotopic (exact) mass is 283 g/mol. The van der Waals surface area contributed by atoms with Crippen molar-refractivity contribution < 1.29 is 14.1 Å². The van der Waals surface area contributed by atoms with E-state index >= 15 is 0 Å². The van der Waals surface area contributed by atoms with Crippen molar-refractivity contribution in [3.05, 3.63) is 35.4 Å². The topological polar surface area (TPSA) is 66.4 Å². The summed E-state index contributed by atoms with van der Waals surface area (Å²) in [6.45, 7) is 2.05. The van der Waals surface area contributed by atoms with E-state index in [1.807, 2.05) is 13.0 Å². The molecule has 1 aromatic rings. The number of carbonyl (C=O) groups is 1. The molecule has 0 aromatic heterocycles. The Balaban J connectivity index is 2.63. The number of amides is 1. The molecule has 2 atom stereocenters. The van der Waals surface area contributed by atoms with Crippen molar-refractivity contribution in [3.8, 4) is 0 Å². The number of hydrogen-bond acceptors (Lipinski definition) is 3. The number of carbonyl (C=O) groups excluding carboxylic acids is 1. The Bertz CT molecular complexity index is 448. The normalized spacial score (nSPS) is 13.8. The zero-order chi connectivity index (χ0) is 14.3. The fourth-order valence-corrected chi connectivity index (χ4v) is 2.46. The summed E-state index contributed by atoms with van der Waals surface area (Å²) in [6.07, 6.45) is 3.07. The average Bonchev–Trinajstić information content (AvgIpc) is 2.35. The van der Waals surface area contributed by atoms with Crippen molar-refractivity contribution in [1.29, 1.82) is 0 Å². The lowest BCUT2D eigenvalue weighted by molar-refractivity contribution is 0.0936. The van der Waals surface area contributed by atoms with E-state index in [0.29, 0.717) is 17.7 Å². The first kappa shape index (κ1) is 15.9. The van der Waals surface area contributed by atoms with E-state index in [0.717, 1.165) is 12.0 Å². The van der Waals surface area contributed by atoms with Gasteiger partial charge in [-0.1, -0.05) is 12.1 Å². The number of aliphatic hydroxyl groups excluding tert-OH is 1. The van der Waals surface area contributed by atoms with Gasteiger partial charge in [-0.2, -0.15) is 0 Å². The minimum atomic E-state index is -0.913. The Hall–Kier alpha value is -1.20. The molecule has 1 amide bonds. The van der Waals surface area contributed by atoms with Crippen LogP contribution in [-0.4, -0.2) is 34.1 Å². The summed E-state index contributed by atoms with van der Waals surface area (Å²) in [5.74, 6) is 0.329. The maximum absolute atomic E-state index is 12.0. The second kappa shape index (κ2) is 8.07. The smallest absolute Gasteiger partial charge is 0.251 e. The molecule has 1 aromatic carbocycles. The van der Waals surface area contributed by atoms with Gasteiger partial charge in [0.05, 0.1) is 0 Å². The molecule has 0 aliphatic heterocycles. The summed E-state index contributed by atoms with van der Waals surface area (Å²) >= 11 is 0. The van der Waals surface area contributed by atoms with E-state index in [1.165, 1.54) is 0 Å². The van der Waals surface area contributed by atoms with Crippen LogP contribution in [0.5, 0.6) is 0 Å². The number of benzene rings is 1. The standard InChI is InChI=1S/C14H21NO3S/c1-11(5-4-8-16)15-14(17)13-7-3-6-12(9-13)10-19(2)18/h3,6-7,9,11,16H,4-5,8,10H2,1-2H3,(H,15,17). The first-order chi connectivity index (χ1) is 9.02. The van der Waals surface area contributed by atoms with Gasteiger partial charge in [0.1, 0.15) is 0 Å². The fourth-order valence-electron chi connectivity index (χ4n) is 1.81. The molecule has 2 unspecified atom stereocenters. The molecule has 0 saturated heterocycles. The average molecular weight is 283 g/mol. The van der Waals surface area contributed by atoms with E-state index in [2.05, 4.69) is 5.32 Å². The van der Waals surface area contributed by atoms with Gasteiger partial charge in [0.25, 0.3) is 5.91 Å². The number of rotatable bonds is 7. The quantitative estimate of drug-likeness (QED) is 0.796. The van der Waals surface area contributed by atoms with Gasteiger partial charge in [-0.3, -0.25) is 9.00 Å². The van der Waals surface area contributed by atoms with Crippen LogP contribution in [0.3, 0.4) is 0 Å². The number of aliphatic hydroxyl groups is 1. The van der Waals surface area contributed by atoms with Crippen molar-refractivity contribution in [3.63, 3.8) is 0 Å². The van der Waals surface area contributed by atoms with Crippen LogP contribution in [0.1, 0.15) is 35.7 Å². The Labute approximate surface area is 116 Å². The highest BCUT2D eigenvalue weighted by Gasteiger charge is 2.10. The van der Waals surface area contributed by atoms with Crippen LogP contribution in [0.2, 0.25) is 0 Å². The summed E-state index contributed by atoms with van der Waals surface area (Å²) < 4.78 is 11.2. The lowest BCUT2D eigenvalue weighted by Gasteiger charge is -2.13. The predicted molar refractivity (Wildman–Crippen MR) is 77.5 cm³/mol. The van der Waals surface area contributed by atoms with Crippen molar-refractivity contribution in [2.75, 3.05) is 12.9 Å². The molecule has 0 radical (unpaired) electrons. The molecule has 0 saturated carbocycles. The van der Waals surface area contributed by atoms with Crippen LogP contribution in [0.4, 0.5) is 0 Å². The zero-order valence-corrected chi connectivity index (χ0v) is 12.2. The van der Waals surface area contributed by atoms with Gasteiger partial charge in [0, 0.05) is 41.0 Å². The van der Waals surface area contributed by atoms with E-state index in [1.54, 1.807) is 24.5 Å². The van der Waals surface area contributed by atoms with Gasteiger partial charge in [-0.15, -0.1) is 0 Å². The van der Waals surface area contributed by atoms with Gasteiger partial charge in [0.15, 0.2) is 0 Å². The fraction of sp³-hybridized carbons (Fsp3) is 0.500. The van der Waals surface area contributed by atoms with Crippen LogP contribution < -0.4 is 5.32 Å². The Morgan fingerprint density at radius 1 is 1.47 bits per heavy atom. The lowest BCUT2D eigenvalue weighted by atomic mass is 10.1. The van der Waals surface area contributed by atoms with Crippen LogP contribution >= 0.6 is 0 Å². The molecule has 0 aliphatic carbocycles. The van der Waals surface area contributed by atoms with Crippen LogP contribution in [-0.2, 0) is 16.6 Å². The summed E-state index contributed by atoms with van der Waals surface area (Å²) in [5.41, 5.74) is 1.48. The Kier molecular flexibility index (Phi) is 6.73. The molecule has 0 fully saturated rings. The molecule has 1 rings (SSSR count). The molecule has 0 aliphatic rings. The van der Waals surface area contributed by atoms with Gasteiger partial charge in [0.2, 0.25) is 0 Å². The summed E-state index contributed by atoms with van der Waals surface area (Å²) in [5, 5.41) is 11.6. The Morgan fingerprint density at radius 3 is 2.84 bits per heavy atom. The molecule has 4 nitrogen and oxygen atoms in total. The van der Waals surface area contributed by atoms with Crippen molar-refractivity contribution >= 4 is 16.7 Å². The first-order valence-corrected chi connectivity index (χ1v) is 8.06. The van der Waals surface area contributed by atoms with E-state index in [4.69, 9.17) is 5.11 Å². The molecule has 0 heterocycles. The maximum atomic E-state index is 12.0. The second-order valence-corrected chi connectivity index (χ2v) is 6.09. The van der Waals surface area contributed by atoms with E-state index in [9.17, 15) is 9.00 Å². The third-order valence-corrected chi connectivity index (χ3v) is 3.47. The maximum Gasteiger partial charge on any atom is 0.251 e. The second-order valence-electron chi connectivity index (χ2n) is 4.66. The highest BCUT2D eigenvalue weighted by atomic mass is 32.2. The largest absolute Gasteiger partial charge is 0.396 e. The molecular formula is C14H21NO3S. The summed E-state index contributed by atoms with van der Waals surface area (Å²) in [4.78, 5) is 12.0. The van der Waals surface area contributed by atoms with Crippen LogP contribution in [0, 0.1) is 0 Å². The molecule has 106 valence electrons. The lowest BCUT2D eigenvalue weighted by Crippen LogP contribution is -2.32. The molecule has 2 N–H and O–H groups in total. The third-order valence-electron chi connectivity index (χ3n) is 2.73. The van der Waals surface area contributed by atoms with E-state index < -0.39 is 10.8 Å². The highest BCUT2D eigenvalue weighted by molar-refractivity contribution is 7.83. The van der Waals surface area contributed by atoms with Gasteiger partial charge in [-0.05, 0) is 37.5 Å². The summed E-state index contributed by atoms with van der Waals surface area (Å²) in [7, 11) is -0.913. The predicted octanol–water partition coefficient (Wildman–Crippen LogP) is 1.46. The van der Waals surface area contributed by atoms with Gasteiger partial charge < -0.3 is 10.4 Å². The van der Waals surface area contributed by atoms with Crippen molar-refractivity contribution in [1.82, 2.24) is 5.32 Å². The molecule has 0 spiro atoms. The van der Waals surface area contributed by atoms with Crippen molar-refractivity contribution in [2.45, 2.75) is 31.6 Å². The number of nitrogens with one attached hydrogen (secondary N) is 1. The SMILES string of the molecule is CC(CCCO)NC(=O)c1cccc(CS(C)=O)c1. The molecule has 19 heavy (non-hydrogen) atoms. The molecule has 5 heteroatoms. The highest BCUT2D eigenvalue weighted by Crippen LogP contribution is 2.08. The summed E-state index contributed by atoms with van der Waals surface area (Å²) in [6, 6.07) is 7.22. The Morgan fingerprint density at radius 2 is 2.21 bits per heavy atom. The van der Waals surface area contributed by atoms with Crippen LogP contribution in [0.25, 0.3) is 0 Å². The minimum Gasteiger partial charge on any atom is -0.396 e.